The second-order valence-electron chi connectivity index (χ2n) is 4.31. The van der Waals surface area contributed by atoms with Crippen LogP contribution in [0.2, 0.25) is 0 Å². The first-order chi connectivity index (χ1) is 6.97. The molecule has 2 unspecified atom stereocenters. The quantitative estimate of drug-likeness (QED) is 0.654. The fourth-order valence-electron chi connectivity index (χ4n) is 1.53. The first-order valence-electron chi connectivity index (χ1n) is 5.26. The summed E-state index contributed by atoms with van der Waals surface area (Å²) < 4.78 is 0. The van der Waals surface area contributed by atoms with Crippen LogP contribution >= 0.6 is 0 Å². The highest BCUT2D eigenvalue weighted by Gasteiger charge is 2.39. The molecular weight excluding hydrogens is 194 g/mol. The highest BCUT2D eigenvalue weighted by molar-refractivity contribution is 6.04. The minimum absolute atomic E-state index is 0.114. The van der Waals surface area contributed by atoms with Gasteiger partial charge >= 0.3 is 6.03 Å². The van der Waals surface area contributed by atoms with E-state index in [0.29, 0.717) is 6.54 Å². The number of nitrogens with one attached hydrogen (secondary N) is 2. The summed E-state index contributed by atoms with van der Waals surface area (Å²) in [6, 6.07) is -0.520. The third-order valence-corrected chi connectivity index (χ3v) is 2.67. The van der Waals surface area contributed by atoms with Crippen molar-refractivity contribution < 1.29 is 9.59 Å². The molecule has 1 aliphatic heterocycles. The fourth-order valence-corrected chi connectivity index (χ4v) is 1.53. The molecule has 0 spiro atoms. The predicted molar refractivity (Wildman–Crippen MR) is 57.4 cm³/mol. The Bertz CT molecular complexity index is 265. The molecule has 0 saturated carbocycles. The van der Waals surface area contributed by atoms with Crippen LogP contribution in [0, 0.1) is 5.92 Å². The lowest BCUT2D eigenvalue weighted by atomic mass is 10.1. The second kappa shape index (κ2) is 4.61. The van der Waals surface area contributed by atoms with Gasteiger partial charge in [0.2, 0.25) is 0 Å². The van der Waals surface area contributed by atoms with E-state index >= 15 is 0 Å². The van der Waals surface area contributed by atoms with Crippen LogP contribution in [-0.2, 0) is 4.79 Å². The molecule has 1 rings (SSSR count). The monoisotopic (exact) mass is 213 g/mol. The van der Waals surface area contributed by atoms with Crippen LogP contribution in [0.25, 0.3) is 0 Å². The lowest BCUT2D eigenvalue weighted by Crippen LogP contribution is -2.41. The lowest BCUT2D eigenvalue weighted by molar-refractivity contribution is -0.128. The molecule has 0 aromatic carbocycles. The molecule has 5 nitrogen and oxygen atoms in total. The van der Waals surface area contributed by atoms with Crippen molar-refractivity contribution in [1.82, 2.24) is 15.5 Å². The van der Waals surface area contributed by atoms with Gasteiger partial charge in [-0.15, -0.1) is 0 Å². The van der Waals surface area contributed by atoms with E-state index in [4.69, 9.17) is 0 Å². The van der Waals surface area contributed by atoms with Crippen molar-refractivity contribution >= 4 is 11.9 Å². The number of nitrogens with zero attached hydrogens (tertiary/aromatic N) is 1. The molecule has 0 aliphatic carbocycles. The first-order valence-corrected chi connectivity index (χ1v) is 5.26. The van der Waals surface area contributed by atoms with E-state index in [9.17, 15) is 9.59 Å². The Balaban J connectivity index is 2.67. The summed E-state index contributed by atoms with van der Waals surface area (Å²) in [5, 5.41) is 5.70. The number of hydrogen-bond acceptors (Lipinski definition) is 3. The van der Waals surface area contributed by atoms with E-state index in [1.165, 1.54) is 4.90 Å². The number of rotatable bonds is 4. The van der Waals surface area contributed by atoms with E-state index in [1.807, 2.05) is 27.8 Å². The maximum atomic E-state index is 11.8. The largest absolute Gasteiger partial charge is 0.326 e. The van der Waals surface area contributed by atoms with E-state index in [1.54, 1.807) is 0 Å². The highest BCUT2D eigenvalue weighted by atomic mass is 16.2. The minimum atomic E-state index is -0.360. The number of carbonyl (C=O) groups excluding carboxylic acids is 2. The summed E-state index contributed by atoms with van der Waals surface area (Å²) in [7, 11) is 1.81. The van der Waals surface area contributed by atoms with Gasteiger partial charge in [0.15, 0.2) is 0 Å². The molecule has 2 N–H and O–H groups in total. The van der Waals surface area contributed by atoms with Crippen molar-refractivity contribution in [3.63, 3.8) is 0 Å². The summed E-state index contributed by atoms with van der Waals surface area (Å²) in [6.45, 7) is 6.20. The minimum Gasteiger partial charge on any atom is -0.326 e. The molecule has 1 heterocycles. The van der Waals surface area contributed by atoms with Gasteiger partial charge in [-0.2, -0.15) is 0 Å². The molecule has 0 aromatic heterocycles. The number of imide groups is 1. The zero-order valence-corrected chi connectivity index (χ0v) is 9.70. The third-order valence-electron chi connectivity index (χ3n) is 2.67. The van der Waals surface area contributed by atoms with Gasteiger partial charge in [0.1, 0.15) is 6.04 Å². The SMILES string of the molecule is CNC(C)CN1C(=O)NC(C(C)C)C1=O. The number of amides is 3. The smallest absolute Gasteiger partial charge is 0.324 e. The maximum Gasteiger partial charge on any atom is 0.324 e. The van der Waals surface area contributed by atoms with E-state index < -0.39 is 0 Å². The Kier molecular flexibility index (Phi) is 3.68. The normalized spacial score (nSPS) is 23.5. The Morgan fingerprint density at radius 3 is 2.40 bits per heavy atom. The average Bonchev–Trinajstić information content (AvgIpc) is 2.45. The van der Waals surface area contributed by atoms with Crippen LogP contribution in [0.5, 0.6) is 0 Å². The van der Waals surface area contributed by atoms with Crippen molar-refractivity contribution in [2.45, 2.75) is 32.9 Å². The zero-order chi connectivity index (χ0) is 11.6. The molecule has 5 heteroatoms. The lowest BCUT2D eigenvalue weighted by Gasteiger charge is -2.18. The molecular formula is C10H19N3O2. The zero-order valence-electron chi connectivity index (χ0n) is 9.70. The number of urea groups is 1. The molecule has 0 radical (unpaired) electrons. The summed E-state index contributed by atoms with van der Waals surface area (Å²) in [5.74, 6) is 0.0217. The van der Waals surface area contributed by atoms with E-state index in [-0.39, 0.29) is 29.9 Å². The molecule has 0 aromatic rings. The Labute approximate surface area is 90.2 Å². The third kappa shape index (κ3) is 2.47. The highest BCUT2D eigenvalue weighted by Crippen LogP contribution is 2.13. The van der Waals surface area contributed by atoms with Gasteiger partial charge in [-0.1, -0.05) is 13.8 Å². The van der Waals surface area contributed by atoms with Crippen molar-refractivity contribution in [3.8, 4) is 0 Å². The molecule has 1 aliphatic rings. The Hall–Kier alpha value is -1.10. The number of carbonyl (C=O) groups is 2. The standard InChI is InChI=1S/C10H19N3O2/c1-6(2)8-9(14)13(10(15)12-8)5-7(3)11-4/h6-8,11H,5H2,1-4H3,(H,12,15). The van der Waals surface area contributed by atoms with Crippen LogP contribution in [0.15, 0.2) is 0 Å². The average molecular weight is 213 g/mol. The summed E-state index contributed by atoms with van der Waals surface area (Å²) >= 11 is 0. The number of hydrogen-bond donors (Lipinski definition) is 2. The summed E-state index contributed by atoms with van der Waals surface area (Å²) in [4.78, 5) is 24.6. The predicted octanol–water partition coefficient (Wildman–Crippen LogP) is 0.171. The maximum absolute atomic E-state index is 11.8. The summed E-state index contributed by atoms with van der Waals surface area (Å²) in [5.41, 5.74) is 0. The molecule has 0 bridgehead atoms. The van der Waals surface area contributed by atoms with Gasteiger partial charge in [0.05, 0.1) is 0 Å². The Morgan fingerprint density at radius 1 is 1.40 bits per heavy atom. The van der Waals surface area contributed by atoms with Crippen molar-refractivity contribution in [2.75, 3.05) is 13.6 Å². The van der Waals surface area contributed by atoms with Crippen molar-refractivity contribution in [2.24, 2.45) is 5.92 Å². The molecule has 1 fully saturated rings. The van der Waals surface area contributed by atoms with Crippen LogP contribution in [0.4, 0.5) is 4.79 Å². The van der Waals surface area contributed by atoms with Crippen LogP contribution in [0.1, 0.15) is 20.8 Å². The molecule has 2 atom stereocenters. The van der Waals surface area contributed by atoms with Gasteiger partial charge < -0.3 is 10.6 Å². The van der Waals surface area contributed by atoms with Gasteiger partial charge in [-0.3, -0.25) is 9.69 Å². The number of likely N-dealkylation sites (N-methyl/N-ethyl adjacent to an activating group) is 1. The van der Waals surface area contributed by atoms with Crippen molar-refractivity contribution in [1.29, 1.82) is 0 Å². The fraction of sp³-hybridized carbons (Fsp3) is 0.800. The Morgan fingerprint density at radius 2 is 2.00 bits per heavy atom. The molecule has 86 valence electrons. The molecule has 1 saturated heterocycles. The van der Waals surface area contributed by atoms with Gasteiger partial charge in [0, 0.05) is 12.6 Å². The second-order valence-corrected chi connectivity index (χ2v) is 4.31. The molecule has 15 heavy (non-hydrogen) atoms. The summed E-state index contributed by atoms with van der Waals surface area (Å²) in [6.07, 6.45) is 0. The topological polar surface area (TPSA) is 61.4 Å². The molecule has 3 amide bonds. The van der Waals surface area contributed by atoms with E-state index in [0.717, 1.165) is 0 Å². The van der Waals surface area contributed by atoms with Gasteiger partial charge in [-0.05, 0) is 19.9 Å². The van der Waals surface area contributed by atoms with Gasteiger partial charge in [-0.25, -0.2) is 4.79 Å². The van der Waals surface area contributed by atoms with Crippen LogP contribution in [-0.4, -0.2) is 42.5 Å². The van der Waals surface area contributed by atoms with Gasteiger partial charge in [0.25, 0.3) is 5.91 Å². The van der Waals surface area contributed by atoms with Crippen LogP contribution < -0.4 is 10.6 Å². The van der Waals surface area contributed by atoms with E-state index in [2.05, 4.69) is 10.6 Å². The van der Waals surface area contributed by atoms with Crippen LogP contribution in [0.3, 0.4) is 0 Å². The first kappa shape index (κ1) is 12.0. The van der Waals surface area contributed by atoms with Crippen molar-refractivity contribution in [3.05, 3.63) is 0 Å².